The first-order valence-corrected chi connectivity index (χ1v) is 5.17. The molecular formula is C10H17N3O. The van der Waals surface area contributed by atoms with Crippen molar-refractivity contribution in [2.45, 2.75) is 32.0 Å². The number of ether oxygens (including phenoxy) is 1. The van der Waals surface area contributed by atoms with Crippen LogP contribution in [0.5, 0.6) is 0 Å². The largest absolute Gasteiger partial charge is 0.377 e. The summed E-state index contributed by atoms with van der Waals surface area (Å²) in [6, 6.07) is 0.526. The van der Waals surface area contributed by atoms with Gasteiger partial charge in [-0.2, -0.15) is 0 Å². The Kier molecular flexibility index (Phi) is 3.16. The summed E-state index contributed by atoms with van der Waals surface area (Å²) in [5, 5.41) is 3.50. The molecular weight excluding hydrogens is 178 g/mol. The molecule has 2 atom stereocenters. The second kappa shape index (κ2) is 4.57. The zero-order valence-corrected chi connectivity index (χ0v) is 8.52. The van der Waals surface area contributed by atoms with Gasteiger partial charge in [0.05, 0.1) is 12.4 Å². The molecule has 0 bridgehead atoms. The summed E-state index contributed by atoms with van der Waals surface area (Å²) >= 11 is 0. The van der Waals surface area contributed by atoms with Crippen LogP contribution in [0.3, 0.4) is 0 Å². The summed E-state index contributed by atoms with van der Waals surface area (Å²) in [7, 11) is 0. The van der Waals surface area contributed by atoms with Gasteiger partial charge in [-0.15, -0.1) is 0 Å². The standard InChI is InChI=1S/C10H17N3O/c1-9-10(2-7-14-9)12-4-6-13-5-3-11-8-13/h3,5,8-10,12H,2,4,6-7H2,1H3. The van der Waals surface area contributed by atoms with E-state index in [1.807, 2.05) is 12.5 Å². The summed E-state index contributed by atoms with van der Waals surface area (Å²) in [4.78, 5) is 4.00. The Morgan fingerprint density at radius 3 is 3.21 bits per heavy atom. The average Bonchev–Trinajstić information content (AvgIpc) is 2.78. The van der Waals surface area contributed by atoms with E-state index < -0.39 is 0 Å². The lowest BCUT2D eigenvalue weighted by atomic mass is 10.1. The van der Waals surface area contributed by atoms with Gasteiger partial charge in [-0.05, 0) is 13.3 Å². The normalized spacial score (nSPS) is 26.9. The number of hydrogen-bond donors (Lipinski definition) is 1. The van der Waals surface area contributed by atoms with E-state index in [1.165, 1.54) is 0 Å². The fourth-order valence-electron chi connectivity index (χ4n) is 1.80. The van der Waals surface area contributed by atoms with Gasteiger partial charge in [0, 0.05) is 38.1 Å². The molecule has 14 heavy (non-hydrogen) atoms. The molecule has 1 N–H and O–H groups in total. The SMILES string of the molecule is CC1OCCC1NCCn1ccnc1. The molecule has 1 aromatic heterocycles. The highest BCUT2D eigenvalue weighted by Gasteiger charge is 2.22. The fraction of sp³-hybridized carbons (Fsp3) is 0.700. The Morgan fingerprint density at radius 1 is 1.64 bits per heavy atom. The summed E-state index contributed by atoms with van der Waals surface area (Å²) in [6.45, 7) is 4.98. The molecule has 1 aliphatic rings. The Labute approximate surface area is 84.3 Å². The monoisotopic (exact) mass is 195 g/mol. The van der Waals surface area contributed by atoms with Crippen molar-refractivity contribution in [1.29, 1.82) is 0 Å². The number of aromatic nitrogens is 2. The first-order valence-electron chi connectivity index (χ1n) is 5.17. The van der Waals surface area contributed by atoms with Gasteiger partial charge in [-0.3, -0.25) is 0 Å². The average molecular weight is 195 g/mol. The van der Waals surface area contributed by atoms with Crippen LogP contribution < -0.4 is 5.32 Å². The van der Waals surface area contributed by atoms with Gasteiger partial charge >= 0.3 is 0 Å². The summed E-state index contributed by atoms with van der Waals surface area (Å²) in [5.41, 5.74) is 0. The van der Waals surface area contributed by atoms with E-state index in [9.17, 15) is 0 Å². The van der Waals surface area contributed by atoms with Crippen molar-refractivity contribution in [3.05, 3.63) is 18.7 Å². The van der Waals surface area contributed by atoms with Crippen molar-refractivity contribution in [3.8, 4) is 0 Å². The van der Waals surface area contributed by atoms with Crippen LogP contribution in [0.2, 0.25) is 0 Å². The number of imidazole rings is 1. The number of nitrogens with zero attached hydrogens (tertiary/aromatic N) is 2. The van der Waals surface area contributed by atoms with E-state index in [4.69, 9.17) is 4.74 Å². The summed E-state index contributed by atoms with van der Waals surface area (Å²) in [5.74, 6) is 0. The Morgan fingerprint density at radius 2 is 2.57 bits per heavy atom. The van der Waals surface area contributed by atoms with Gasteiger partial charge in [0.15, 0.2) is 0 Å². The Hall–Kier alpha value is -0.870. The van der Waals surface area contributed by atoms with E-state index in [2.05, 4.69) is 21.8 Å². The molecule has 2 heterocycles. The molecule has 1 saturated heterocycles. The topological polar surface area (TPSA) is 39.1 Å². The molecule has 1 aromatic rings. The highest BCUT2D eigenvalue weighted by molar-refractivity contribution is 4.80. The van der Waals surface area contributed by atoms with Gasteiger partial charge in [-0.25, -0.2) is 4.98 Å². The van der Waals surface area contributed by atoms with E-state index in [0.29, 0.717) is 12.1 Å². The predicted octanol–water partition coefficient (Wildman–Crippen LogP) is 0.650. The van der Waals surface area contributed by atoms with Crippen molar-refractivity contribution in [1.82, 2.24) is 14.9 Å². The van der Waals surface area contributed by atoms with Crippen LogP contribution in [-0.2, 0) is 11.3 Å². The minimum Gasteiger partial charge on any atom is -0.377 e. The highest BCUT2D eigenvalue weighted by Crippen LogP contribution is 2.11. The van der Waals surface area contributed by atoms with Gasteiger partial charge in [0.1, 0.15) is 0 Å². The molecule has 2 unspecified atom stereocenters. The quantitative estimate of drug-likeness (QED) is 0.766. The molecule has 0 radical (unpaired) electrons. The van der Waals surface area contributed by atoms with Crippen LogP contribution in [0, 0.1) is 0 Å². The second-order valence-corrected chi connectivity index (χ2v) is 3.73. The first-order chi connectivity index (χ1) is 6.86. The number of hydrogen-bond acceptors (Lipinski definition) is 3. The molecule has 78 valence electrons. The first kappa shape index (κ1) is 9.68. The van der Waals surface area contributed by atoms with E-state index in [-0.39, 0.29) is 0 Å². The zero-order valence-electron chi connectivity index (χ0n) is 8.52. The lowest BCUT2D eigenvalue weighted by molar-refractivity contribution is 0.113. The third-order valence-corrected chi connectivity index (χ3v) is 2.71. The molecule has 4 heteroatoms. The zero-order chi connectivity index (χ0) is 9.80. The van der Waals surface area contributed by atoms with Crippen molar-refractivity contribution in [2.75, 3.05) is 13.2 Å². The molecule has 0 saturated carbocycles. The van der Waals surface area contributed by atoms with Crippen LogP contribution >= 0.6 is 0 Å². The highest BCUT2D eigenvalue weighted by atomic mass is 16.5. The Balaban J connectivity index is 1.68. The molecule has 0 amide bonds. The molecule has 1 aliphatic heterocycles. The maximum atomic E-state index is 5.47. The third-order valence-electron chi connectivity index (χ3n) is 2.71. The number of rotatable bonds is 4. The van der Waals surface area contributed by atoms with E-state index >= 15 is 0 Å². The lowest BCUT2D eigenvalue weighted by Gasteiger charge is -2.15. The predicted molar refractivity (Wildman–Crippen MR) is 54.0 cm³/mol. The van der Waals surface area contributed by atoms with Crippen LogP contribution in [0.4, 0.5) is 0 Å². The molecule has 4 nitrogen and oxygen atoms in total. The lowest BCUT2D eigenvalue weighted by Crippen LogP contribution is -2.36. The van der Waals surface area contributed by atoms with Gasteiger partial charge in [-0.1, -0.05) is 0 Å². The summed E-state index contributed by atoms with van der Waals surface area (Å²) < 4.78 is 7.55. The van der Waals surface area contributed by atoms with E-state index in [1.54, 1.807) is 6.20 Å². The summed E-state index contributed by atoms with van der Waals surface area (Å²) in [6.07, 6.45) is 7.12. The molecule has 0 aromatic carbocycles. The number of nitrogens with one attached hydrogen (secondary N) is 1. The molecule has 0 aliphatic carbocycles. The van der Waals surface area contributed by atoms with Crippen molar-refractivity contribution in [3.63, 3.8) is 0 Å². The van der Waals surface area contributed by atoms with Crippen LogP contribution in [0.1, 0.15) is 13.3 Å². The fourth-order valence-corrected chi connectivity index (χ4v) is 1.80. The maximum absolute atomic E-state index is 5.47. The van der Waals surface area contributed by atoms with Crippen molar-refractivity contribution >= 4 is 0 Å². The molecule has 0 spiro atoms. The van der Waals surface area contributed by atoms with Gasteiger partial charge < -0.3 is 14.6 Å². The second-order valence-electron chi connectivity index (χ2n) is 3.73. The molecule has 2 rings (SSSR count). The van der Waals surface area contributed by atoms with Gasteiger partial charge in [0.2, 0.25) is 0 Å². The van der Waals surface area contributed by atoms with Crippen molar-refractivity contribution in [2.24, 2.45) is 0 Å². The minimum absolute atomic E-state index is 0.359. The third kappa shape index (κ3) is 2.33. The van der Waals surface area contributed by atoms with E-state index in [0.717, 1.165) is 26.1 Å². The minimum atomic E-state index is 0.359. The smallest absolute Gasteiger partial charge is 0.0946 e. The van der Waals surface area contributed by atoms with Crippen LogP contribution in [0.25, 0.3) is 0 Å². The molecule has 1 fully saturated rings. The van der Waals surface area contributed by atoms with Crippen LogP contribution in [0.15, 0.2) is 18.7 Å². The van der Waals surface area contributed by atoms with Crippen molar-refractivity contribution < 1.29 is 4.74 Å². The van der Waals surface area contributed by atoms with Crippen LogP contribution in [-0.4, -0.2) is 34.8 Å². The van der Waals surface area contributed by atoms with Gasteiger partial charge in [0.25, 0.3) is 0 Å². The Bertz CT molecular complexity index is 260. The maximum Gasteiger partial charge on any atom is 0.0946 e.